The zero-order chi connectivity index (χ0) is 8.27. The van der Waals surface area contributed by atoms with Gasteiger partial charge < -0.3 is 4.90 Å². The lowest BCUT2D eigenvalue weighted by atomic mass is 10.1. The molecule has 1 aliphatic heterocycles. The number of carbonyl (C=O) groups excluding carboxylic acids is 1. The quantitative estimate of drug-likeness (QED) is 0.615. The van der Waals surface area contributed by atoms with Crippen LogP contribution < -0.4 is 0 Å². The minimum atomic E-state index is 0.310. The highest BCUT2D eigenvalue weighted by Crippen LogP contribution is 2.13. The van der Waals surface area contributed by atoms with Crippen molar-refractivity contribution in [2.75, 3.05) is 13.1 Å². The number of hydrogen-bond acceptors (Lipinski definition) is 2. The van der Waals surface area contributed by atoms with E-state index < -0.39 is 0 Å². The van der Waals surface area contributed by atoms with Crippen molar-refractivity contribution >= 4 is 5.78 Å². The van der Waals surface area contributed by atoms with E-state index in [1.807, 2.05) is 0 Å². The minimum absolute atomic E-state index is 0.310. The van der Waals surface area contributed by atoms with Crippen LogP contribution in [0.1, 0.15) is 33.1 Å². The highest BCUT2D eigenvalue weighted by Gasteiger charge is 2.18. The molecule has 0 amide bonds. The molecule has 0 aromatic heterocycles. The summed E-state index contributed by atoms with van der Waals surface area (Å²) in [5, 5.41) is 0. The van der Waals surface area contributed by atoms with E-state index in [1.165, 1.54) is 25.9 Å². The summed E-state index contributed by atoms with van der Waals surface area (Å²) in [5.74, 6) is 0.310. The zero-order valence-electron chi connectivity index (χ0n) is 7.47. The molecule has 0 N–H and O–H groups in total. The molecule has 0 aromatic rings. The Morgan fingerprint density at radius 3 is 2.45 bits per heavy atom. The van der Waals surface area contributed by atoms with Gasteiger partial charge in [0.1, 0.15) is 5.78 Å². The highest BCUT2D eigenvalue weighted by atomic mass is 16.1. The van der Waals surface area contributed by atoms with E-state index in [4.69, 9.17) is 0 Å². The van der Waals surface area contributed by atoms with E-state index in [9.17, 15) is 4.79 Å². The Morgan fingerprint density at radius 1 is 1.45 bits per heavy atom. The van der Waals surface area contributed by atoms with Crippen LogP contribution in [0.2, 0.25) is 0 Å². The Kier molecular flexibility index (Phi) is 3.06. The Balaban J connectivity index is 2.28. The van der Waals surface area contributed by atoms with E-state index in [-0.39, 0.29) is 0 Å². The molecule has 2 heteroatoms. The van der Waals surface area contributed by atoms with E-state index >= 15 is 0 Å². The summed E-state index contributed by atoms with van der Waals surface area (Å²) in [6.07, 6.45) is 3.34. The summed E-state index contributed by atoms with van der Waals surface area (Å²) in [4.78, 5) is 13.2. The number of nitrogens with zero attached hydrogens (tertiary/aromatic N) is 1. The number of Topliss-reactive ketones (excluding diaryl/α,β-unsaturated/α-hetero) is 1. The summed E-state index contributed by atoms with van der Waals surface area (Å²) in [7, 11) is 0. The first-order chi connectivity index (χ1) is 5.20. The van der Waals surface area contributed by atoms with Crippen molar-refractivity contribution in [3.8, 4) is 0 Å². The Morgan fingerprint density at radius 2 is 2.00 bits per heavy atom. The maximum Gasteiger partial charge on any atom is 0.131 e. The van der Waals surface area contributed by atoms with Crippen molar-refractivity contribution in [2.24, 2.45) is 0 Å². The van der Waals surface area contributed by atoms with Crippen molar-refractivity contribution in [1.82, 2.24) is 4.90 Å². The Hall–Kier alpha value is -0.370. The molecular weight excluding hydrogens is 138 g/mol. The number of carbonyl (C=O) groups is 1. The predicted molar refractivity (Wildman–Crippen MR) is 45.6 cm³/mol. The second kappa shape index (κ2) is 3.86. The Labute approximate surface area is 68.6 Å². The first-order valence-electron chi connectivity index (χ1n) is 4.43. The fraction of sp³-hybridized carbons (Fsp3) is 0.889. The standard InChI is InChI=1S/C9H17NO/c1-8(7-9(2)11)10-5-3-4-6-10/h8H,3-7H2,1-2H3. The topological polar surface area (TPSA) is 20.3 Å². The molecular formula is C9H17NO. The number of ketones is 1. The fourth-order valence-electron chi connectivity index (χ4n) is 1.73. The summed E-state index contributed by atoms with van der Waals surface area (Å²) in [6, 6.07) is 0.468. The number of rotatable bonds is 3. The lowest BCUT2D eigenvalue weighted by molar-refractivity contribution is -0.118. The van der Waals surface area contributed by atoms with Crippen LogP contribution in [0.4, 0.5) is 0 Å². The third-order valence-electron chi connectivity index (χ3n) is 2.35. The van der Waals surface area contributed by atoms with Gasteiger partial charge in [0.05, 0.1) is 0 Å². The molecule has 1 unspecified atom stereocenters. The second-order valence-corrected chi connectivity index (χ2v) is 3.50. The van der Waals surface area contributed by atoms with Crippen molar-refractivity contribution in [1.29, 1.82) is 0 Å². The third-order valence-corrected chi connectivity index (χ3v) is 2.35. The van der Waals surface area contributed by atoms with Crippen molar-refractivity contribution in [3.63, 3.8) is 0 Å². The van der Waals surface area contributed by atoms with Crippen LogP contribution in [0, 0.1) is 0 Å². The van der Waals surface area contributed by atoms with Gasteiger partial charge in [-0.3, -0.25) is 4.79 Å². The van der Waals surface area contributed by atoms with Gasteiger partial charge >= 0.3 is 0 Å². The lowest BCUT2D eigenvalue weighted by Gasteiger charge is -2.22. The SMILES string of the molecule is CC(=O)CC(C)N1CCCC1. The molecule has 1 aliphatic rings. The maximum absolute atomic E-state index is 10.8. The van der Waals surface area contributed by atoms with Gasteiger partial charge in [0.25, 0.3) is 0 Å². The first-order valence-corrected chi connectivity index (χ1v) is 4.43. The largest absolute Gasteiger partial charge is 0.300 e. The van der Waals surface area contributed by atoms with Crippen molar-refractivity contribution in [3.05, 3.63) is 0 Å². The molecule has 1 heterocycles. The monoisotopic (exact) mass is 155 g/mol. The molecule has 1 saturated heterocycles. The van der Waals surface area contributed by atoms with Gasteiger partial charge in [0.15, 0.2) is 0 Å². The van der Waals surface area contributed by atoms with E-state index in [1.54, 1.807) is 6.92 Å². The summed E-state index contributed by atoms with van der Waals surface area (Å²) in [5.41, 5.74) is 0. The van der Waals surface area contributed by atoms with E-state index in [0.717, 1.165) is 6.42 Å². The summed E-state index contributed by atoms with van der Waals surface area (Å²) in [6.45, 7) is 6.20. The molecule has 64 valence electrons. The average Bonchev–Trinajstić information content (AvgIpc) is 2.35. The molecule has 0 spiro atoms. The van der Waals surface area contributed by atoms with E-state index in [0.29, 0.717) is 11.8 Å². The second-order valence-electron chi connectivity index (χ2n) is 3.50. The lowest BCUT2D eigenvalue weighted by Crippen LogP contribution is -2.31. The van der Waals surface area contributed by atoms with Gasteiger partial charge in [0.2, 0.25) is 0 Å². The molecule has 1 atom stereocenters. The predicted octanol–water partition coefficient (Wildman–Crippen LogP) is 1.45. The molecule has 0 radical (unpaired) electrons. The van der Waals surface area contributed by atoms with Crippen molar-refractivity contribution < 1.29 is 4.79 Å². The number of hydrogen-bond donors (Lipinski definition) is 0. The molecule has 11 heavy (non-hydrogen) atoms. The molecule has 2 nitrogen and oxygen atoms in total. The van der Waals surface area contributed by atoms with Crippen LogP contribution in [-0.2, 0) is 4.79 Å². The van der Waals surface area contributed by atoms with Gasteiger partial charge in [-0.15, -0.1) is 0 Å². The van der Waals surface area contributed by atoms with Crippen LogP contribution in [-0.4, -0.2) is 29.8 Å². The van der Waals surface area contributed by atoms with Gasteiger partial charge in [-0.25, -0.2) is 0 Å². The molecule has 0 aromatic carbocycles. The molecule has 0 saturated carbocycles. The third kappa shape index (κ3) is 2.62. The smallest absolute Gasteiger partial charge is 0.131 e. The average molecular weight is 155 g/mol. The molecule has 0 aliphatic carbocycles. The summed E-state index contributed by atoms with van der Waals surface area (Å²) >= 11 is 0. The zero-order valence-corrected chi connectivity index (χ0v) is 7.47. The van der Waals surface area contributed by atoms with Crippen LogP contribution in [0.3, 0.4) is 0 Å². The molecule has 0 bridgehead atoms. The van der Waals surface area contributed by atoms with Crippen LogP contribution >= 0.6 is 0 Å². The van der Waals surface area contributed by atoms with Gasteiger partial charge in [-0.2, -0.15) is 0 Å². The molecule has 1 fully saturated rings. The van der Waals surface area contributed by atoms with Gasteiger partial charge in [0, 0.05) is 12.5 Å². The van der Waals surface area contributed by atoms with Gasteiger partial charge in [-0.1, -0.05) is 0 Å². The van der Waals surface area contributed by atoms with Crippen LogP contribution in [0.25, 0.3) is 0 Å². The first kappa shape index (κ1) is 8.72. The Bertz CT molecular complexity index is 138. The number of likely N-dealkylation sites (tertiary alicyclic amines) is 1. The summed E-state index contributed by atoms with van der Waals surface area (Å²) < 4.78 is 0. The van der Waals surface area contributed by atoms with Crippen molar-refractivity contribution in [2.45, 2.75) is 39.2 Å². The van der Waals surface area contributed by atoms with E-state index in [2.05, 4.69) is 11.8 Å². The highest BCUT2D eigenvalue weighted by molar-refractivity contribution is 5.76. The van der Waals surface area contributed by atoms with Gasteiger partial charge in [-0.05, 0) is 39.8 Å². The maximum atomic E-state index is 10.8. The van der Waals surface area contributed by atoms with Crippen LogP contribution in [0.15, 0.2) is 0 Å². The normalized spacial score (nSPS) is 22.0. The van der Waals surface area contributed by atoms with Crippen LogP contribution in [0.5, 0.6) is 0 Å². The molecule has 1 rings (SSSR count). The fourth-order valence-corrected chi connectivity index (χ4v) is 1.73. The minimum Gasteiger partial charge on any atom is -0.300 e.